The molecule has 0 aromatic heterocycles. The summed E-state index contributed by atoms with van der Waals surface area (Å²) < 4.78 is 85.9. The lowest BCUT2D eigenvalue weighted by atomic mass is 9.76. The van der Waals surface area contributed by atoms with Gasteiger partial charge >= 0.3 is 11.8 Å². The van der Waals surface area contributed by atoms with E-state index in [4.69, 9.17) is 9.47 Å². The lowest BCUT2D eigenvalue weighted by molar-refractivity contribution is -0.378. The van der Waals surface area contributed by atoms with E-state index < -0.39 is 41.7 Å². The first kappa shape index (κ1) is 23.8. The lowest BCUT2D eigenvalue weighted by Crippen LogP contribution is -2.66. The largest absolute Gasteiger partial charge is 0.352 e. The van der Waals surface area contributed by atoms with Gasteiger partial charge in [0.25, 0.3) is 5.67 Å². The quantitative estimate of drug-likeness (QED) is 0.228. The van der Waals surface area contributed by atoms with Gasteiger partial charge in [-0.15, -0.1) is 0 Å². The Hall–Kier alpha value is -1.21. The van der Waals surface area contributed by atoms with Crippen LogP contribution in [-0.4, -0.2) is 31.9 Å². The average Bonchev–Trinajstić information content (AvgIpc) is 2.67. The van der Waals surface area contributed by atoms with Crippen LogP contribution in [0.15, 0.2) is 30.3 Å². The van der Waals surface area contributed by atoms with Crippen LogP contribution in [-0.2, 0) is 15.1 Å². The molecule has 0 saturated carbocycles. The van der Waals surface area contributed by atoms with Crippen LogP contribution in [0, 0.1) is 0 Å². The van der Waals surface area contributed by atoms with Crippen LogP contribution in [0.1, 0.15) is 57.9 Å². The standard InChI is InChI=1S/C20H29F5O2/c1-5-7-8-12-15-17(21,22)20(24,25)19(23,16-13-10-9-11-14-16)18(6-2,26-3)27-4/h9-11,13-14H,5-8,12,15H2,1-4H3. The third-order valence-corrected chi connectivity index (χ3v) is 5.06. The minimum atomic E-state index is -5.06. The second kappa shape index (κ2) is 9.32. The highest BCUT2D eigenvalue weighted by Crippen LogP contribution is 2.58. The molecular weight excluding hydrogens is 367 g/mol. The number of benzene rings is 1. The number of unbranched alkanes of at least 4 members (excludes halogenated alkanes) is 3. The SMILES string of the molecule is CCCCCCC(F)(F)C(F)(F)C(F)(c1ccccc1)C(CC)(OC)OC. The zero-order valence-corrected chi connectivity index (χ0v) is 16.3. The molecule has 1 aromatic carbocycles. The van der Waals surface area contributed by atoms with Crippen molar-refractivity contribution >= 4 is 0 Å². The number of hydrogen-bond acceptors (Lipinski definition) is 2. The fourth-order valence-electron chi connectivity index (χ4n) is 3.39. The molecule has 0 saturated heterocycles. The summed E-state index contributed by atoms with van der Waals surface area (Å²) in [5.74, 6) is -12.2. The van der Waals surface area contributed by atoms with Crippen molar-refractivity contribution in [2.45, 2.75) is 75.7 Å². The van der Waals surface area contributed by atoms with Gasteiger partial charge in [-0.25, -0.2) is 4.39 Å². The van der Waals surface area contributed by atoms with Crippen LogP contribution in [0.3, 0.4) is 0 Å². The Morgan fingerprint density at radius 2 is 1.37 bits per heavy atom. The number of rotatable bonds is 12. The van der Waals surface area contributed by atoms with Crippen LogP contribution in [0.5, 0.6) is 0 Å². The fourth-order valence-corrected chi connectivity index (χ4v) is 3.39. The molecule has 1 unspecified atom stereocenters. The Labute approximate surface area is 158 Å². The summed E-state index contributed by atoms with van der Waals surface area (Å²) in [6.45, 7) is 3.22. The molecule has 1 atom stereocenters. The maximum Gasteiger partial charge on any atom is 0.352 e. The van der Waals surface area contributed by atoms with Crippen molar-refractivity contribution < 1.29 is 31.4 Å². The zero-order valence-electron chi connectivity index (χ0n) is 16.3. The summed E-state index contributed by atoms with van der Waals surface area (Å²) in [6.07, 6.45) is 0.154. The summed E-state index contributed by atoms with van der Waals surface area (Å²) >= 11 is 0. The fraction of sp³-hybridized carbons (Fsp3) is 0.700. The molecule has 0 fully saturated rings. The predicted octanol–water partition coefficient (Wildman–Crippen LogP) is 6.49. The number of halogens is 5. The number of ether oxygens (including phenoxy) is 2. The van der Waals surface area contributed by atoms with Crippen LogP contribution < -0.4 is 0 Å². The van der Waals surface area contributed by atoms with Gasteiger partial charge in [0.1, 0.15) is 0 Å². The molecule has 0 heterocycles. The van der Waals surface area contributed by atoms with E-state index in [1.807, 2.05) is 6.92 Å². The highest BCUT2D eigenvalue weighted by Gasteiger charge is 2.77. The van der Waals surface area contributed by atoms with Crippen molar-refractivity contribution in [1.82, 2.24) is 0 Å². The molecule has 0 bridgehead atoms. The molecule has 0 aliphatic heterocycles. The van der Waals surface area contributed by atoms with Gasteiger partial charge in [-0.1, -0.05) is 63.4 Å². The summed E-state index contributed by atoms with van der Waals surface area (Å²) in [4.78, 5) is 0. The maximum absolute atomic E-state index is 16.2. The Morgan fingerprint density at radius 3 is 1.81 bits per heavy atom. The van der Waals surface area contributed by atoms with Crippen molar-refractivity contribution in [3.05, 3.63) is 35.9 Å². The minimum absolute atomic E-state index is 0.125. The summed E-state index contributed by atoms with van der Waals surface area (Å²) in [7, 11) is 1.94. The van der Waals surface area contributed by atoms with Gasteiger partial charge in [-0.05, 0) is 6.42 Å². The number of methoxy groups -OCH3 is 2. The van der Waals surface area contributed by atoms with Crippen molar-refractivity contribution in [2.75, 3.05) is 14.2 Å². The van der Waals surface area contributed by atoms with Crippen LogP contribution in [0.25, 0.3) is 0 Å². The van der Waals surface area contributed by atoms with E-state index in [0.29, 0.717) is 12.8 Å². The van der Waals surface area contributed by atoms with E-state index in [0.717, 1.165) is 32.8 Å². The van der Waals surface area contributed by atoms with Gasteiger partial charge in [0.2, 0.25) is 5.79 Å². The molecule has 7 heteroatoms. The monoisotopic (exact) mass is 396 g/mol. The van der Waals surface area contributed by atoms with Gasteiger partial charge in [-0.3, -0.25) is 0 Å². The second-order valence-electron chi connectivity index (χ2n) is 6.63. The van der Waals surface area contributed by atoms with Crippen molar-refractivity contribution in [1.29, 1.82) is 0 Å². The molecule has 0 spiro atoms. The molecule has 1 aromatic rings. The first-order valence-corrected chi connectivity index (χ1v) is 9.20. The Balaban J connectivity index is 3.49. The predicted molar refractivity (Wildman–Crippen MR) is 94.9 cm³/mol. The zero-order chi connectivity index (χ0) is 20.8. The van der Waals surface area contributed by atoms with Gasteiger partial charge in [0.05, 0.1) is 0 Å². The van der Waals surface area contributed by atoms with Gasteiger partial charge in [0.15, 0.2) is 0 Å². The molecular formula is C20H29F5O2. The van der Waals surface area contributed by atoms with Gasteiger partial charge < -0.3 is 9.47 Å². The smallest absolute Gasteiger partial charge is 0.350 e. The third-order valence-electron chi connectivity index (χ3n) is 5.06. The molecule has 0 radical (unpaired) electrons. The normalized spacial score (nSPS) is 15.6. The highest BCUT2D eigenvalue weighted by molar-refractivity contribution is 5.30. The van der Waals surface area contributed by atoms with E-state index in [2.05, 4.69) is 0 Å². The van der Waals surface area contributed by atoms with Gasteiger partial charge in [-0.2, -0.15) is 17.6 Å². The topological polar surface area (TPSA) is 18.5 Å². The Kier molecular flexibility index (Phi) is 8.23. The highest BCUT2D eigenvalue weighted by atomic mass is 19.3. The lowest BCUT2D eigenvalue weighted by Gasteiger charge is -2.48. The van der Waals surface area contributed by atoms with E-state index in [9.17, 15) is 8.78 Å². The molecule has 27 heavy (non-hydrogen) atoms. The van der Waals surface area contributed by atoms with E-state index in [1.54, 1.807) is 0 Å². The van der Waals surface area contributed by atoms with Crippen LogP contribution >= 0.6 is 0 Å². The molecule has 0 aliphatic rings. The molecule has 0 amide bonds. The third kappa shape index (κ3) is 4.14. The average molecular weight is 396 g/mol. The van der Waals surface area contributed by atoms with E-state index in [1.165, 1.54) is 25.1 Å². The van der Waals surface area contributed by atoms with Crippen LogP contribution in [0.4, 0.5) is 22.0 Å². The maximum atomic E-state index is 16.2. The van der Waals surface area contributed by atoms with E-state index >= 15 is 13.2 Å². The molecule has 0 aliphatic carbocycles. The van der Waals surface area contributed by atoms with Crippen LogP contribution in [0.2, 0.25) is 0 Å². The molecule has 1 rings (SSSR count). The number of alkyl halides is 5. The number of hydrogen-bond donors (Lipinski definition) is 0. The minimum Gasteiger partial charge on any atom is -0.350 e. The first-order chi connectivity index (χ1) is 12.6. The Morgan fingerprint density at radius 1 is 0.815 bits per heavy atom. The Bertz CT molecular complexity index is 552. The summed E-state index contributed by atoms with van der Waals surface area (Å²) in [6, 6.07) is 6.20. The molecule has 0 N–H and O–H groups in total. The van der Waals surface area contributed by atoms with E-state index in [-0.39, 0.29) is 6.42 Å². The molecule has 156 valence electrons. The molecule has 2 nitrogen and oxygen atoms in total. The van der Waals surface area contributed by atoms with Gasteiger partial charge in [0, 0.05) is 32.6 Å². The summed E-state index contributed by atoms with van der Waals surface area (Å²) in [5, 5.41) is 0. The van der Waals surface area contributed by atoms with Crippen molar-refractivity contribution in [3.63, 3.8) is 0 Å². The summed E-state index contributed by atoms with van der Waals surface area (Å²) in [5.41, 5.74) is -4.51. The van der Waals surface area contributed by atoms with Crippen molar-refractivity contribution in [2.24, 2.45) is 0 Å². The van der Waals surface area contributed by atoms with Crippen molar-refractivity contribution in [3.8, 4) is 0 Å². The first-order valence-electron chi connectivity index (χ1n) is 9.20. The second-order valence-corrected chi connectivity index (χ2v) is 6.63.